The Morgan fingerprint density at radius 2 is 1.83 bits per heavy atom. The van der Waals surface area contributed by atoms with Crippen molar-refractivity contribution in [3.05, 3.63) is 64.8 Å². The molecule has 0 saturated carbocycles. The van der Waals surface area contributed by atoms with Crippen LogP contribution in [0.15, 0.2) is 47.4 Å². The van der Waals surface area contributed by atoms with Crippen molar-refractivity contribution in [2.45, 2.75) is 51.3 Å². The van der Waals surface area contributed by atoms with Crippen LogP contribution in [0.1, 0.15) is 60.3 Å². The van der Waals surface area contributed by atoms with Gasteiger partial charge >= 0.3 is 0 Å². The number of ketones is 1. The molecule has 1 aliphatic carbocycles. The molecule has 158 valence electrons. The van der Waals surface area contributed by atoms with Crippen LogP contribution in [0, 0.1) is 12.3 Å². The van der Waals surface area contributed by atoms with Crippen LogP contribution in [-0.2, 0) is 16.4 Å². The van der Waals surface area contributed by atoms with Gasteiger partial charge in [0.05, 0.1) is 4.90 Å². The second kappa shape index (κ2) is 7.36. The summed E-state index contributed by atoms with van der Waals surface area (Å²) >= 11 is 0. The minimum absolute atomic E-state index is 0.0580. The second-order valence-corrected chi connectivity index (χ2v) is 11.0. The first kappa shape index (κ1) is 20.8. The number of aryl methyl sites for hydroxylation is 1. The van der Waals surface area contributed by atoms with Crippen LogP contribution in [0.4, 0.5) is 0 Å². The van der Waals surface area contributed by atoms with E-state index in [1.54, 1.807) is 13.0 Å². The molecule has 4 rings (SSSR count). The standard InChI is InChI=1S/C24H28N2O3S/c1-15-10-18-19(26-20-12-24(3,4)13-21(27)23(18)20)11-22(15)30(28,29)25-14-16(2)17-8-6-5-7-9-17/h5-11,16,25-26H,12-14H2,1-4H3/t16-/m0/s1. The molecule has 0 unspecified atom stereocenters. The molecule has 1 atom stereocenters. The number of benzene rings is 2. The first-order valence-electron chi connectivity index (χ1n) is 10.3. The lowest BCUT2D eigenvalue weighted by molar-refractivity contribution is 0.0913. The monoisotopic (exact) mass is 424 g/mol. The highest BCUT2D eigenvalue weighted by molar-refractivity contribution is 7.89. The van der Waals surface area contributed by atoms with Gasteiger partial charge in [-0.15, -0.1) is 0 Å². The molecule has 0 radical (unpaired) electrons. The number of aromatic nitrogens is 1. The molecule has 1 heterocycles. The Morgan fingerprint density at radius 3 is 2.53 bits per heavy atom. The molecular formula is C24H28N2O3S. The number of carbonyl (C=O) groups excluding carboxylic acids is 1. The molecule has 2 aromatic carbocycles. The van der Waals surface area contributed by atoms with E-state index < -0.39 is 10.0 Å². The van der Waals surface area contributed by atoms with Crippen LogP contribution < -0.4 is 4.72 Å². The minimum atomic E-state index is -3.68. The molecule has 1 aliphatic rings. The van der Waals surface area contributed by atoms with Gasteiger partial charge in [-0.3, -0.25) is 4.79 Å². The second-order valence-electron chi connectivity index (χ2n) is 9.25. The van der Waals surface area contributed by atoms with Crippen molar-refractivity contribution in [1.82, 2.24) is 9.71 Å². The van der Waals surface area contributed by atoms with E-state index in [2.05, 4.69) is 23.6 Å². The molecule has 2 N–H and O–H groups in total. The molecule has 1 aromatic heterocycles. The highest BCUT2D eigenvalue weighted by Gasteiger charge is 2.34. The molecule has 30 heavy (non-hydrogen) atoms. The Bertz CT molecular complexity index is 1220. The summed E-state index contributed by atoms with van der Waals surface area (Å²) in [6, 6.07) is 13.3. The number of H-pyrrole nitrogens is 1. The van der Waals surface area contributed by atoms with Crippen LogP contribution in [-0.4, -0.2) is 25.7 Å². The highest BCUT2D eigenvalue weighted by atomic mass is 32.2. The summed E-state index contributed by atoms with van der Waals surface area (Å²) in [5, 5.41) is 0.819. The number of sulfonamides is 1. The first-order valence-corrected chi connectivity index (χ1v) is 11.8. The Hall–Kier alpha value is -2.44. The molecule has 5 nitrogen and oxygen atoms in total. The van der Waals surface area contributed by atoms with Crippen molar-refractivity contribution in [3.63, 3.8) is 0 Å². The zero-order chi connectivity index (χ0) is 21.7. The molecule has 3 aromatic rings. The van der Waals surface area contributed by atoms with Crippen LogP contribution in [0.25, 0.3) is 10.9 Å². The van der Waals surface area contributed by atoms with E-state index >= 15 is 0 Å². The molecule has 0 saturated heterocycles. The third-order valence-corrected chi connectivity index (χ3v) is 7.55. The summed E-state index contributed by atoms with van der Waals surface area (Å²) in [5.41, 5.74) is 3.97. The van der Waals surface area contributed by atoms with E-state index in [4.69, 9.17) is 0 Å². The zero-order valence-corrected chi connectivity index (χ0v) is 18.7. The van der Waals surface area contributed by atoms with Crippen LogP contribution in [0.2, 0.25) is 0 Å². The van der Waals surface area contributed by atoms with E-state index in [9.17, 15) is 13.2 Å². The largest absolute Gasteiger partial charge is 0.358 e. The third kappa shape index (κ3) is 3.82. The lowest BCUT2D eigenvalue weighted by atomic mass is 9.76. The van der Waals surface area contributed by atoms with E-state index in [-0.39, 0.29) is 22.0 Å². The maximum absolute atomic E-state index is 13.1. The number of hydrogen-bond acceptors (Lipinski definition) is 3. The maximum atomic E-state index is 13.1. The lowest BCUT2D eigenvalue weighted by Gasteiger charge is -2.28. The number of hydrogen-bond donors (Lipinski definition) is 2. The minimum Gasteiger partial charge on any atom is -0.358 e. The molecule has 0 fully saturated rings. The van der Waals surface area contributed by atoms with Gasteiger partial charge in [0.15, 0.2) is 5.78 Å². The molecule has 0 aliphatic heterocycles. The fraction of sp³-hybridized carbons (Fsp3) is 0.375. The van der Waals surface area contributed by atoms with Gasteiger partial charge in [0, 0.05) is 35.1 Å². The SMILES string of the molecule is Cc1cc2c3c([nH]c2cc1S(=O)(=O)NC[C@H](C)c1ccccc1)CC(C)(C)CC3=O. The number of nitrogens with one attached hydrogen (secondary N) is 2. The van der Waals surface area contributed by atoms with E-state index in [1.807, 2.05) is 43.3 Å². The Kier molecular flexibility index (Phi) is 5.11. The first-order chi connectivity index (χ1) is 14.1. The van der Waals surface area contributed by atoms with Gasteiger partial charge in [-0.1, -0.05) is 51.1 Å². The topological polar surface area (TPSA) is 79.0 Å². The van der Waals surface area contributed by atoms with Crippen LogP contribution >= 0.6 is 0 Å². The quantitative estimate of drug-likeness (QED) is 0.622. The van der Waals surface area contributed by atoms with Crippen molar-refractivity contribution < 1.29 is 13.2 Å². The predicted molar refractivity (Wildman–Crippen MR) is 120 cm³/mol. The summed E-state index contributed by atoms with van der Waals surface area (Å²) in [4.78, 5) is 16.3. The normalized spacial score (nSPS) is 17.1. The number of rotatable bonds is 5. The molecular weight excluding hydrogens is 396 g/mol. The fourth-order valence-electron chi connectivity index (χ4n) is 4.40. The van der Waals surface area contributed by atoms with Crippen molar-refractivity contribution in [3.8, 4) is 0 Å². The zero-order valence-electron chi connectivity index (χ0n) is 17.9. The number of carbonyl (C=O) groups is 1. The molecule has 0 spiro atoms. The van der Waals surface area contributed by atoms with Gasteiger partial charge in [0.2, 0.25) is 10.0 Å². The van der Waals surface area contributed by atoms with Gasteiger partial charge in [-0.25, -0.2) is 13.1 Å². The Morgan fingerprint density at radius 1 is 1.13 bits per heavy atom. The van der Waals surface area contributed by atoms with Gasteiger partial charge in [0.25, 0.3) is 0 Å². The van der Waals surface area contributed by atoms with Gasteiger partial charge in [-0.2, -0.15) is 0 Å². The number of aromatic amines is 1. The van der Waals surface area contributed by atoms with Gasteiger partial charge < -0.3 is 4.98 Å². The molecule has 6 heteroatoms. The van der Waals surface area contributed by atoms with E-state index in [1.165, 1.54) is 0 Å². The Balaban J connectivity index is 1.66. The number of Topliss-reactive ketones (excluding diaryl/α,β-unsaturated/α-hetero) is 1. The average molecular weight is 425 g/mol. The van der Waals surface area contributed by atoms with Gasteiger partial charge in [0.1, 0.15) is 0 Å². The van der Waals surface area contributed by atoms with Crippen LogP contribution in [0.5, 0.6) is 0 Å². The summed E-state index contributed by atoms with van der Waals surface area (Å²) in [7, 11) is -3.68. The highest BCUT2D eigenvalue weighted by Crippen LogP contribution is 2.39. The number of fused-ring (bicyclic) bond motifs is 3. The predicted octanol–water partition coefficient (Wildman–Crippen LogP) is 4.71. The lowest BCUT2D eigenvalue weighted by Crippen LogP contribution is -2.28. The summed E-state index contributed by atoms with van der Waals surface area (Å²) in [6.07, 6.45) is 1.28. The summed E-state index contributed by atoms with van der Waals surface area (Å²) in [6.45, 7) is 8.26. The van der Waals surface area contributed by atoms with Crippen molar-refractivity contribution in [1.29, 1.82) is 0 Å². The molecule has 0 amide bonds. The maximum Gasteiger partial charge on any atom is 0.240 e. The van der Waals surface area contributed by atoms with Crippen LogP contribution in [0.3, 0.4) is 0 Å². The smallest absolute Gasteiger partial charge is 0.240 e. The van der Waals surface area contributed by atoms with Crippen molar-refractivity contribution >= 4 is 26.7 Å². The summed E-state index contributed by atoms with van der Waals surface area (Å²) < 4.78 is 28.9. The summed E-state index contributed by atoms with van der Waals surface area (Å²) in [5.74, 6) is 0.181. The van der Waals surface area contributed by atoms with E-state index in [0.717, 1.165) is 28.6 Å². The average Bonchev–Trinajstić information content (AvgIpc) is 3.02. The fourth-order valence-corrected chi connectivity index (χ4v) is 5.78. The van der Waals surface area contributed by atoms with Crippen molar-refractivity contribution in [2.75, 3.05) is 6.54 Å². The third-order valence-electron chi connectivity index (χ3n) is 5.98. The molecule has 0 bridgehead atoms. The van der Waals surface area contributed by atoms with Crippen molar-refractivity contribution in [2.24, 2.45) is 5.41 Å². The Labute approximate surface area is 177 Å². The van der Waals surface area contributed by atoms with Gasteiger partial charge in [-0.05, 0) is 47.9 Å². The van der Waals surface area contributed by atoms with E-state index in [0.29, 0.717) is 24.0 Å².